The number of hydrogen-bond donors (Lipinski definition) is 8. The van der Waals surface area contributed by atoms with Gasteiger partial charge in [0, 0.05) is 0 Å². The van der Waals surface area contributed by atoms with Crippen molar-refractivity contribution in [2.24, 2.45) is 0 Å². The minimum absolute atomic E-state index is 0. The Kier molecular flexibility index (Phi) is 935000. The van der Waals surface area contributed by atoms with Crippen LogP contribution in [0, 0.1) is 0 Å². The first-order chi connectivity index (χ1) is 23.6. The molecular formula is C92H401N8P9. The van der Waals surface area contributed by atoms with E-state index in [0.29, 0.717) is 0 Å². The Morgan fingerprint density at radius 1 is 0.101 bits per heavy atom. The molecule has 0 rings (SSSR count). The fourth-order valence-electron chi connectivity index (χ4n) is 0. The van der Waals surface area contributed by atoms with Crippen LogP contribution in [0.1, 0.15) is 616 Å². The summed E-state index contributed by atoms with van der Waals surface area (Å²) in [5.41, 5.74) is 0. The van der Waals surface area contributed by atoms with Crippen molar-refractivity contribution in [3.8, 4) is 0 Å². The summed E-state index contributed by atoms with van der Waals surface area (Å²) in [5, 5.41) is 0. The smallest absolute Gasteiger partial charge is 0.115 e. The van der Waals surface area contributed by atoms with E-state index in [1.165, 1.54) is 0 Å². The van der Waals surface area contributed by atoms with Gasteiger partial charge in [-0.1, -0.05) is 676 Å². The molecule has 0 aromatic rings. The molecule has 0 amide bonds. The van der Waals surface area contributed by atoms with Crippen LogP contribution in [-0.4, -0.2) is 83.0 Å². The van der Waals surface area contributed by atoms with Crippen LogP contribution >= 0.6 is 82.2 Å². The van der Waals surface area contributed by atoms with Crippen LogP contribution in [0.5, 0.6) is 0 Å². The summed E-state index contributed by atoms with van der Waals surface area (Å²) in [6.45, 7) is 14.1. The van der Waals surface area contributed by atoms with E-state index in [4.69, 9.17) is 34.3 Å². The lowest BCUT2D eigenvalue weighted by Crippen LogP contribution is -0.804. The second kappa shape index (κ2) is 108000. The van der Waals surface area contributed by atoms with Gasteiger partial charge in [0.25, 0.3) is 0 Å². The van der Waals surface area contributed by atoms with Gasteiger partial charge < -0.3 is 49.1 Å². The minimum atomic E-state index is -1.12. The molecule has 0 radical (unpaired) electrons. The van der Waals surface area contributed by atoms with Crippen molar-refractivity contribution in [1.82, 2.24) is 49.1 Å². The molecule has 17 heteroatoms. The van der Waals surface area contributed by atoms with Gasteiger partial charge in [-0.25, -0.2) is 0 Å². The summed E-state index contributed by atoms with van der Waals surface area (Å²) >= 11 is 0. The zero-order valence-electron chi connectivity index (χ0n) is 43.6. The Morgan fingerprint density at radius 2 is 0.101 bits per heavy atom. The highest BCUT2D eigenvalue weighted by atomic mass is 31.0. The maximum atomic E-state index is 6.31. The second-order valence-electron chi connectivity index (χ2n) is 0. The van der Waals surface area contributed by atoms with E-state index in [1.807, 2.05) is 0 Å². The molecule has 0 aromatic carbocycles. The molecule has 0 aliphatic rings. The van der Waals surface area contributed by atoms with Crippen molar-refractivity contribution in [1.29, 1.82) is 23.0 Å². The third-order valence-corrected chi connectivity index (χ3v) is 0. The molecular weight excluding hydrogens is 1500 g/mol. The first-order valence-electron chi connectivity index (χ1n) is 16.7. The fourth-order valence-corrected chi connectivity index (χ4v) is 0. The van der Waals surface area contributed by atoms with E-state index in [1.54, 1.807) is 60.0 Å². The molecule has 854 valence electrons. The lowest BCUT2D eigenvalue weighted by molar-refractivity contribution is 2.13. The number of hydrogen-bond acceptors (Lipinski definition) is 8. The molecule has 0 saturated heterocycles. The fraction of sp³-hybridized carbons (Fsp3) is 1.00. The van der Waals surface area contributed by atoms with E-state index in [2.05, 4.69) is 49.1 Å². The maximum absolute atomic E-state index is 6.31. The van der Waals surface area contributed by atoms with Crippen molar-refractivity contribution in [3.05, 3.63) is 0 Å². The van der Waals surface area contributed by atoms with Crippen LogP contribution < -0.4 is 49.1 Å². The molecule has 0 spiro atoms. The summed E-state index contributed by atoms with van der Waals surface area (Å²) in [4.78, 5) is 0. The summed E-state index contributed by atoms with van der Waals surface area (Å²) in [6.07, 6.45) is 30.0. The van der Waals surface area contributed by atoms with Gasteiger partial charge in [0.2, 0.25) is 0 Å². The molecule has 0 saturated carbocycles. The Labute approximate surface area is 838 Å². The van der Waals surface area contributed by atoms with Crippen molar-refractivity contribution in [2.45, 2.75) is 616 Å². The highest BCUT2D eigenvalue weighted by molar-refractivity contribution is 7.16. The van der Waals surface area contributed by atoms with Crippen LogP contribution in [0.15, 0.2) is 0 Å². The Bertz CT molecular complexity index is 309. The maximum Gasteiger partial charge on any atom is 0.115 e. The molecule has 0 aliphatic carbocycles. The third kappa shape index (κ3) is 106000. The summed E-state index contributed by atoms with van der Waals surface area (Å²) in [5.74, 6) is 0. The average Bonchev–Trinajstić information content (AvgIpc) is 2.99. The largest absolute Gasteiger partial charge is 0.344 e. The first kappa shape index (κ1) is 942. The van der Waals surface area contributed by atoms with Gasteiger partial charge >= 0.3 is 0 Å². The monoisotopic (exact) mass is 1930 g/mol. The van der Waals surface area contributed by atoms with Gasteiger partial charge in [-0.05, 0) is 0 Å². The summed E-state index contributed by atoms with van der Waals surface area (Å²) in [7, 11) is -10.1. The lowest BCUT2D eigenvalue weighted by Gasteiger charge is -1.10. The molecule has 0 aromatic heterocycles. The molecule has 24 N–H and O–H groups in total. The molecule has 0 bridgehead atoms. The molecule has 9 unspecified atom stereocenters. The third-order valence-electron chi connectivity index (χ3n) is 0. The Morgan fingerprint density at radius 3 is 0.101 bits per heavy atom. The predicted molar refractivity (Wildman–Crippen MR) is 740 cm³/mol. The summed E-state index contributed by atoms with van der Waals surface area (Å²) < 4.78 is 156. The lowest BCUT2D eigenvalue weighted by atomic mass is 12.0. The van der Waals surface area contributed by atoms with E-state index in [0.717, 1.165) is 0 Å². The minimum Gasteiger partial charge on any atom is -0.344 e. The van der Waals surface area contributed by atoms with Crippen molar-refractivity contribution in [2.75, 3.05) is 60.0 Å². The topological polar surface area (TPSA) is 280 Å². The van der Waals surface area contributed by atoms with Gasteiger partial charge in [0.15, 0.2) is 0 Å². The molecule has 0 aliphatic heterocycles. The van der Waals surface area contributed by atoms with E-state index in [-0.39, 0.29) is 616 Å². The molecule has 0 fully saturated rings. The Hall–Kier alpha value is 3.55. The van der Waals surface area contributed by atoms with Crippen LogP contribution in [0.2, 0.25) is 11.3 Å². The average molecular weight is 1940 g/mol. The standard InChI is InChI=1S/9CH5P.83CH4.8H3N/c9*1-2;;;;;;;;;;;;;;;;;;;;;;;;;;;;;;;;;;;;;;;;;;;;;;;;;;;;;;;;;;;;;;;;;;;;;;;;;;;;;;;;;;;;;;;;;;;/h9*2H2,1H3;83*1H4;8*1H3/i9*2TD;;;;;;;;;;;;;;;;;;;;;;;;;;;;;;;;;;;;;;;;;;;;;;;;;;;;;;;;;;;;;;;;;;;;;;;;;;;;;;;;;;;;;;;;;;;/hD8. The Balaban J connectivity index is -0.000000000951. The van der Waals surface area contributed by atoms with E-state index in [9.17, 15) is 0 Å². The van der Waals surface area contributed by atoms with Gasteiger partial charge in [-0.2, -0.15) is 0 Å². The zero-order valence-corrected chi connectivity index (χ0v) is 25.7. The molecule has 8 nitrogen and oxygen atoms in total. The van der Waals surface area contributed by atoms with Crippen LogP contribution in [-0.2, 0) is 0 Å². The second-order valence-corrected chi connectivity index (χ2v) is 0. The van der Waals surface area contributed by atoms with Crippen molar-refractivity contribution in [3.63, 3.8) is 0 Å². The number of rotatable bonds is 0. The van der Waals surface area contributed by atoms with Gasteiger partial charge in [-0.3, -0.25) is 0 Å². The highest BCUT2D eigenvalue weighted by Gasteiger charge is 0.923. The van der Waals surface area contributed by atoms with Crippen LogP contribution in [0.4, 0.5) is 0 Å². The highest BCUT2D eigenvalue weighted by Crippen LogP contribution is 1.48. The predicted octanol–water partition coefficient (Wildman–Crippen LogP) is 58.5. The van der Waals surface area contributed by atoms with E-state index >= 15 is 0 Å². The molecule has 109 heavy (non-hydrogen) atoms. The van der Waals surface area contributed by atoms with Crippen LogP contribution in [0.3, 0.4) is 0 Å². The molecule has 0 heterocycles. The quantitative estimate of drug-likeness (QED) is 0.108. The zero-order chi connectivity index (χ0) is 48.2. The van der Waals surface area contributed by atoms with Crippen molar-refractivity contribution < 1.29 is 11.3 Å². The van der Waals surface area contributed by atoms with Gasteiger partial charge in [-0.15, -0.1) is 82.2 Å². The summed E-state index contributed by atoms with van der Waals surface area (Å²) in [6, 6.07) is 0. The first-order valence-corrected chi connectivity index (χ1v) is 12.1. The van der Waals surface area contributed by atoms with E-state index < -0.39 is 82.2 Å². The SMILES string of the molecule is C.C.C.C.C.C.C.C.C.C.C.C.C.C.C.C.C.C.C.C.C.C.C.C.C.C.C.C.C.C.C.C.C.C.C.C.C.C.C.C.C.C.C.C.C.C.C.C.C.C.C.C.C.C.C.C.C.C.C.C.C.C.C.C.C.C.C.C.C.C.C.C.C.C.C.C.C.C.C.C.C.C.C.[2H]N.[2H]N.[2H]N.[2H]N.[2H]N.[2H]N.[2H]N.[2H]N.[2H]P([3H])C.[2H]P([3H])C.[2H]P([3H])C.[2H]P([3H])C.[2H]P([3H])C.[2H]P([3H])C.[2H]P([3H])C.[2H]P([3H])C.[2H]P([3H])C. The van der Waals surface area contributed by atoms with Crippen molar-refractivity contribution >= 4 is 82.2 Å². The normalized spacial score (nSPS) is 5.88. The van der Waals surface area contributed by atoms with Gasteiger partial charge in [0.05, 0.1) is 23.0 Å². The van der Waals surface area contributed by atoms with Crippen LogP contribution in [0.25, 0.3) is 0 Å². The molecule has 9 atom stereocenters. The van der Waals surface area contributed by atoms with Gasteiger partial charge in [0.1, 0.15) is 11.3 Å².